The molecule has 2 nitrogen and oxygen atoms in total. The fourth-order valence-corrected chi connectivity index (χ4v) is 1.48. The zero-order chi connectivity index (χ0) is 9.10. The quantitative estimate of drug-likeness (QED) is 0.703. The van der Waals surface area contributed by atoms with Crippen molar-refractivity contribution in [3.8, 4) is 0 Å². The number of aromatic nitrogens is 1. The highest BCUT2D eigenvalue weighted by Gasteiger charge is 2.09. The normalized spacial score (nSPS) is 21.2. The Morgan fingerprint density at radius 2 is 2.38 bits per heavy atom. The van der Waals surface area contributed by atoms with E-state index in [4.69, 9.17) is 5.73 Å². The molecule has 0 saturated heterocycles. The molecule has 0 aromatic carbocycles. The molecule has 0 aliphatic heterocycles. The van der Waals surface area contributed by atoms with Crippen molar-refractivity contribution in [3.05, 3.63) is 54.0 Å². The molecule has 2 N–H and O–H groups in total. The van der Waals surface area contributed by atoms with E-state index in [1.54, 1.807) is 6.20 Å². The second kappa shape index (κ2) is 3.44. The smallest absolute Gasteiger partial charge is 0.0305 e. The summed E-state index contributed by atoms with van der Waals surface area (Å²) >= 11 is 0. The molecule has 0 radical (unpaired) electrons. The van der Waals surface area contributed by atoms with Crippen LogP contribution in [0.2, 0.25) is 0 Å². The molecule has 1 aromatic heterocycles. The Morgan fingerprint density at radius 1 is 1.46 bits per heavy atom. The van der Waals surface area contributed by atoms with Crippen LogP contribution in [0.4, 0.5) is 0 Å². The lowest BCUT2D eigenvalue weighted by Gasteiger charge is -2.13. The first-order chi connectivity index (χ1) is 6.36. The Balaban J connectivity index is 2.18. The van der Waals surface area contributed by atoms with Crippen molar-refractivity contribution >= 4 is 0 Å². The summed E-state index contributed by atoms with van der Waals surface area (Å²) in [7, 11) is 0. The number of nitrogens with zero attached hydrogens (tertiary/aromatic N) is 1. The van der Waals surface area contributed by atoms with Crippen molar-refractivity contribution in [1.82, 2.24) is 4.98 Å². The highest BCUT2D eigenvalue weighted by atomic mass is 14.6. The molecule has 1 aromatic rings. The molecule has 0 saturated carbocycles. The Morgan fingerprint density at radius 3 is 3.00 bits per heavy atom. The summed E-state index contributed by atoms with van der Waals surface area (Å²) in [6, 6.07) is 4.06. The lowest BCUT2D eigenvalue weighted by Crippen LogP contribution is -2.03. The van der Waals surface area contributed by atoms with Gasteiger partial charge in [0.15, 0.2) is 0 Å². The van der Waals surface area contributed by atoms with Gasteiger partial charge in [0.1, 0.15) is 0 Å². The third-order valence-electron chi connectivity index (χ3n) is 2.24. The van der Waals surface area contributed by atoms with Crippen LogP contribution in [0, 0.1) is 0 Å². The lowest BCUT2D eigenvalue weighted by atomic mass is 9.93. The van der Waals surface area contributed by atoms with Gasteiger partial charge in [0, 0.05) is 24.0 Å². The average molecular weight is 172 g/mol. The largest absolute Gasteiger partial charge is 0.399 e. The second-order valence-electron chi connectivity index (χ2n) is 3.19. The summed E-state index contributed by atoms with van der Waals surface area (Å²) in [6.07, 6.45) is 10.8. The molecule has 0 spiro atoms. The first-order valence-corrected chi connectivity index (χ1v) is 4.40. The highest BCUT2D eigenvalue weighted by Crippen LogP contribution is 2.24. The highest BCUT2D eigenvalue weighted by molar-refractivity contribution is 5.29. The number of allylic oxidation sites excluding steroid dienone is 3. The van der Waals surface area contributed by atoms with Gasteiger partial charge in [-0.05, 0) is 24.1 Å². The summed E-state index contributed by atoms with van der Waals surface area (Å²) in [5.74, 6) is 0.445. The van der Waals surface area contributed by atoms with Crippen molar-refractivity contribution in [2.75, 3.05) is 0 Å². The van der Waals surface area contributed by atoms with E-state index in [0.717, 1.165) is 12.1 Å². The van der Waals surface area contributed by atoms with E-state index in [9.17, 15) is 0 Å². The molecule has 0 bridgehead atoms. The van der Waals surface area contributed by atoms with Gasteiger partial charge in [0.05, 0.1) is 0 Å². The third-order valence-corrected chi connectivity index (χ3v) is 2.24. The lowest BCUT2D eigenvalue weighted by molar-refractivity contribution is 0.836. The van der Waals surface area contributed by atoms with Crippen molar-refractivity contribution in [3.63, 3.8) is 0 Å². The van der Waals surface area contributed by atoms with E-state index in [-0.39, 0.29) is 0 Å². The number of rotatable bonds is 1. The van der Waals surface area contributed by atoms with Crippen LogP contribution in [0.25, 0.3) is 0 Å². The van der Waals surface area contributed by atoms with Gasteiger partial charge in [-0.2, -0.15) is 0 Å². The van der Waals surface area contributed by atoms with E-state index in [1.165, 1.54) is 5.56 Å². The van der Waals surface area contributed by atoms with Gasteiger partial charge >= 0.3 is 0 Å². The van der Waals surface area contributed by atoms with E-state index in [2.05, 4.69) is 23.2 Å². The molecule has 66 valence electrons. The van der Waals surface area contributed by atoms with Gasteiger partial charge in [-0.25, -0.2) is 0 Å². The maximum absolute atomic E-state index is 5.63. The van der Waals surface area contributed by atoms with E-state index < -0.39 is 0 Å². The van der Waals surface area contributed by atoms with Crippen LogP contribution in [-0.4, -0.2) is 4.98 Å². The standard InChI is InChI=1S/C11H12N2/c12-11-5-3-9(4-6-11)10-2-1-7-13-8-10/h1-3,5-9H,4,12H2. The number of hydrogen-bond donors (Lipinski definition) is 1. The molecule has 1 aliphatic rings. The zero-order valence-electron chi connectivity index (χ0n) is 7.35. The van der Waals surface area contributed by atoms with Crippen LogP contribution in [0.5, 0.6) is 0 Å². The molecule has 2 heteroatoms. The summed E-state index contributed by atoms with van der Waals surface area (Å²) in [4.78, 5) is 4.09. The minimum Gasteiger partial charge on any atom is -0.399 e. The fourth-order valence-electron chi connectivity index (χ4n) is 1.48. The predicted octanol–water partition coefficient (Wildman–Crippen LogP) is 1.97. The van der Waals surface area contributed by atoms with Gasteiger partial charge in [-0.1, -0.05) is 18.2 Å². The van der Waals surface area contributed by atoms with Crippen molar-refractivity contribution < 1.29 is 0 Å². The van der Waals surface area contributed by atoms with Gasteiger partial charge in [0.25, 0.3) is 0 Å². The van der Waals surface area contributed by atoms with Crippen LogP contribution in [0.1, 0.15) is 17.9 Å². The molecule has 1 aliphatic carbocycles. The minimum absolute atomic E-state index is 0.445. The average Bonchev–Trinajstić information content (AvgIpc) is 2.20. The Labute approximate surface area is 77.8 Å². The van der Waals surface area contributed by atoms with Gasteiger partial charge < -0.3 is 5.73 Å². The molecule has 13 heavy (non-hydrogen) atoms. The monoisotopic (exact) mass is 172 g/mol. The molecule has 1 heterocycles. The molecule has 0 amide bonds. The fraction of sp³-hybridized carbons (Fsp3) is 0.182. The summed E-state index contributed by atoms with van der Waals surface area (Å²) in [5, 5.41) is 0. The van der Waals surface area contributed by atoms with Crippen LogP contribution in [0.15, 0.2) is 48.5 Å². The number of hydrogen-bond acceptors (Lipinski definition) is 2. The Bertz CT molecular complexity index is 338. The molecule has 1 unspecified atom stereocenters. The van der Waals surface area contributed by atoms with Crippen LogP contribution in [-0.2, 0) is 0 Å². The maximum Gasteiger partial charge on any atom is 0.0305 e. The van der Waals surface area contributed by atoms with Gasteiger partial charge in [-0.15, -0.1) is 0 Å². The third kappa shape index (κ3) is 1.78. The van der Waals surface area contributed by atoms with E-state index >= 15 is 0 Å². The molecular weight excluding hydrogens is 160 g/mol. The molecule has 0 fully saturated rings. The minimum atomic E-state index is 0.445. The Kier molecular flexibility index (Phi) is 2.13. The van der Waals surface area contributed by atoms with E-state index in [0.29, 0.717) is 5.92 Å². The van der Waals surface area contributed by atoms with Crippen molar-refractivity contribution in [1.29, 1.82) is 0 Å². The summed E-state index contributed by atoms with van der Waals surface area (Å²) < 4.78 is 0. The number of pyridine rings is 1. The summed E-state index contributed by atoms with van der Waals surface area (Å²) in [5.41, 5.74) is 7.75. The van der Waals surface area contributed by atoms with Gasteiger partial charge in [0.2, 0.25) is 0 Å². The first-order valence-electron chi connectivity index (χ1n) is 4.40. The van der Waals surface area contributed by atoms with Crippen LogP contribution in [0.3, 0.4) is 0 Å². The summed E-state index contributed by atoms with van der Waals surface area (Å²) in [6.45, 7) is 0. The molecular formula is C11H12N2. The van der Waals surface area contributed by atoms with Crippen LogP contribution >= 0.6 is 0 Å². The van der Waals surface area contributed by atoms with Crippen LogP contribution < -0.4 is 5.73 Å². The predicted molar refractivity (Wildman–Crippen MR) is 53.0 cm³/mol. The first kappa shape index (κ1) is 8.05. The molecule has 2 rings (SSSR count). The topological polar surface area (TPSA) is 38.9 Å². The van der Waals surface area contributed by atoms with E-state index in [1.807, 2.05) is 18.3 Å². The molecule has 1 atom stereocenters. The SMILES string of the molecule is NC1=CCC(c2cccnc2)C=C1. The van der Waals surface area contributed by atoms with Gasteiger partial charge in [-0.3, -0.25) is 4.98 Å². The Hall–Kier alpha value is -1.57. The maximum atomic E-state index is 5.63. The second-order valence-corrected chi connectivity index (χ2v) is 3.19. The zero-order valence-corrected chi connectivity index (χ0v) is 7.35. The van der Waals surface area contributed by atoms with Crippen molar-refractivity contribution in [2.45, 2.75) is 12.3 Å². The van der Waals surface area contributed by atoms with Crippen molar-refractivity contribution in [2.24, 2.45) is 5.73 Å². The number of nitrogens with two attached hydrogens (primary N) is 1.